The lowest BCUT2D eigenvalue weighted by Gasteiger charge is -2.34. The van der Waals surface area contributed by atoms with E-state index in [1.807, 2.05) is 0 Å². The fourth-order valence-electron chi connectivity index (χ4n) is 4.23. The Hall–Kier alpha value is -0.370. The van der Waals surface area contributed by atoms with Crippen molar-refractivity contribution in [2.45, 2.75) is 71.8 Å². The molecular formula is C17H31NO. The minimum Gasteiger partial charge on any atom is -0.299 e. The lowest BCUT2D eigenvalue weighted by atomic mass is 9.81. The van der Waals surface area contributed by atoms with Crippen LogP contribution in [0.2, 0.25) is 0 Å². The Bertz CT molecular complexity index is 300. The van der Waals surface area contributed by atoms with Crippen molar-refractivity contribution in [2.75, 3.05) is 13.1 Å². The van der Waals surface area contributed by atoms with Gasteiger partial charge in [-0.15, -0.1) is 0 Å². The molecule has 110 valence electrons. The molecule has 0 bridgehead atoms. The Morgan fingerprint density at radius 3 is 2.63 bits per heavy atom. The van der Waals surface area contributed by atoms with Gasteiger partial charge in [-0.25, -0.2) is 0 Å². The Morgan fingerprint density at radius 2 is 1.95 bits per heavy atom. The van der Waals surface area contributed by atoms with E-state index >= 15 is 0 Å². The first-order chi connectivity index (χ1) is 9.08. The smallest absolute Gasteiger partial charge is 0.137 e. The first-order valence-corrected chi connectivity index (χ1v) is 8.34. The molecular weight excluding hydrogens is 234 g/mol. The van der Waals surface area contributed by atoms with E-state index in [1.54, 1.807) is 0 Å². The van der Waals surface area contributed by atoms with Crippen LogP contribution in [0.4, 0.5) is 0 Å². The Morgan fingerprint density at radius 1 is 1.16 bits per heavy atom. The molecule has 1 heterocycles. The first-order valence-electron chi connectivity index (χ1n) is 8.34. The van der Waals surface area contributed by atoms with E-state index in [0.717, 1.165) is 31.1 Å². The number of hydrogen-bond acceptors (Lipinski definition) is 2. The third-order valence-electron chi connectivity index (χ3n) is 4.90. The predicted molar refractivity (Wildman–Crippen MR) is 80.2 cm³/mol. The van der Waals surface area contributed by atoms with Crippen molar-refractivity contribution >= 4 is 5.78 Å². The quantitative estimate of drug-likeness (QED) is 0.751. The van der Waals surface area contributed by atoms with Crippen molar-refractivity contribution < 1.29 is 4.79 Å². The van der Waals surface area contributed by atoms with Crippen LogP contribution in [0.5, 0.6) is 0 Å². The second-order valence-electron chi connectivity index (χ2n) is 7.26. The summed E-state index contributed by atoms with van der Waals surface area (Å²) in [7, 11) is 0. The number of nitrogens with zero attached hydrogens (tertiary/aromatic N) is 1. The van der Waals surface area contributed by atoms with Crippen LogP contribution in [0.3, 0.4) is 0 Å². The summed E-state index contributed by atoms with van der Waals surface area (Å²) < 4.78 is 0. The normalized spacial score (nSPS) is 31.1. The number of carbonyl (C=O) groups is 1. The highest BCUT2D eigenvalue weighted by atomic mass is 16.1. The summed E-state index contributed by atoms with van der Waals surface area (Å²) in [4.78, 5) is 14.8. The third kappa shape index (κ3) is 4.05. The average molecular weight is 265 g/mol. The van der Waals surface area contributed by atoms with Crippen molar-refractivity contribution in [3.05, 3.63) is 0 Å². The van der Waals surface area contributed by atoms with Gasteiger partial charge in [0.2, 0.25) is 0 Å². The second kappa shape index (κ2) is 6.88. The van der Waals surface area contributed by atoms with Crippen molar-refractivity contribution in [2.24, 2.45) is 17.8 Å². The molecule has 1 saturated heterocycles. The molecule has 2 aliphatic rings. The van der Waals surface area contributed by atoms with E-state index in [1.165, 1.54) is 38.8 Å². The number of Topliss-reactive ketones (excluding diaryl/α,β-unsaturated/α-hetero) is 1. The van der Waals surface area contributed by atoms with Gasteiger partial charge in [-0.2, -0.15) is 0 Å². The average Bonchev–Trinajstić information content (AvgIpc) is 2.76. The maximum absolute atomic E-state index is 12.2. The molecule has 0 aromatic carbocycles. The van der Waals surface area contributed by atoms with Crippen LogP contribution in [0, 0.1) is 17.8 Å². The van der Waals surface area contributed by atoms with Crippen molar-refractivity contribution in [3.8, 4) is 0 Å². The molecule has 3 atom stereocenters. The van der Waals surface area contributed by atoms with Crippen LogP contribution in [0.25, 0.3) is 0 Å². The summed E-state index contributed by atoms with van der Waals surface area (Å²) in [5.41, 5.74) is 0. The van der Waals surface area contributed by atoms with E-state index in [2.05, 4.69) is 25.7 Å². The zero-order valence-electron chi connectivity index (χ0n) is 13.0. The molecule has 19 heavy (non-hydrogen) atoms. The highest BCUT2D eigenvalue weighted by molar-refractivity contribution is 5.82. The standard InChI is InChI=1S/C17H31NO/c1-13(2)11-14(3)12-18-10-6-8-16(18)15-7-4-5-9-17(15)19/h13-16H,4-12H2,1-3H3. The Kier molecular flexibility index (Phi) is 5.44. The van der Waals surface area contributed by atoms with Gasteiger partial charge in [0, 0.05) is 24.9 Å². The molecule has 3 unspecified atom stereocenters. The lowest BCUT2D eigenvalue weighted by Crippen LogP contribution is -2.42. The monoisotopic (exact) mass is 265 g/mol. The fourth-order valence-corrected chi connectivity index (χ4v) is 4.23. The molecule has 0 spiro atoms. The summed E-state index contributed by atoms with van der Waals surface area (Å²) in [5.74, 6) is 2.47. The number of carbonyl (C=O) groups excluding carboxylic acids is 1. The highest BCUT2D eigenvalue weighted by Crippen LogP contribution is 2.33. The largest absolute Gasteiger partial charge is 0.299 e. The summed E-state index contributed by atoms with van der Waals surface area (Å²) in [5, 5.41) is 0. The van der Waals surface area contributed by atoms with Crippen LogP contribution >= 0.6 is 0 Å². The molecule has 2 rings (SSSR count). The zero-order valence-corrected chi connectivity index (χ0v) is 13.0. The van der Waals surface area contributed by atoms with Crippen LogP contribution in [-0.4, -0.2) is 29.8 Å². The van der Waals surface area contributed by atoms with Gasteiger partial charge in [-0.05, 0) is 50.5 Å². The molecule has 0 amide bonds. The molecule has 1 aliphatic carbocycles. The van der Waals surface area contributed by atoms with E-state index in [-0.39, 0.29) is 0 Å². The zero-order chi connectivity index (χ0) is 13.8. The summed E-state index contributed by atoms with van der Waals surface area (Å²) >= 11 is 0. The number of ketones is 1. The maximum Gasteiger partial charge on any atom is 0.137 e. The molecule has 0 radical (unpaired) electrons. The molecule has 2 heteroatoms. The fraction of sp³-hybridized carbons (Fsp3) is 0.941. The van der Waals surface area contributed by atoms with Gasteiger partial charge >= 0.3 is 0 Å². The summed E-state index contributed by atoms with van der Waals surface area (Å²) in [6.45, 7) is 9.41. The number of hydrogen-bond donors (Lipinski definition) is 0. The van der Waals surface area contributed by atoms with Crippen LogP contribution in [-0.2, 0) is 4.79 Å². The van der Waals surface area contributed by atoms with Crippen molar-refractivity contribution in [1.82, 2.24) is 4.90 Å². The summed E-state index contributed by atoms with van der Waals surface area (Å²) in [6.07, 6.45) is 8.25. The molecule has 0 N–H and O–H groups in total. The number of rotatable bonds is 5. The number of likely N-dealkylation sites (tertiary alicyclic amines) is 1. The van der Waals surface area contributed by atoms with Gasteiger partial charge in [0.15, 0.2) is 0 Å². The Labute approximate surface area is 118 Å². The summed E-state index contributed by atoms with van der Waals surface area (Å²) in [6, 6.07) is 0.572. The topological polar surface area (TPSA) is 20.3 Å². The molecule has 0 aromatic heterocycles. The highest BCUT2D eigenvalue weighted by Gasteiger charge is 2.36. The van der Waals surface area contributed by atoms with Gasteiger partial charge < -0.3 is 0 Å². The maximum atomic E-state index is 12.2. The van der Waals surface area contributed by atoms with E-state index < -0.39 is 0 Å². The van der Waals surface area contributed by atoms with Gasteiger partial charge in [0.25, 0.3) is 0 Å². The van der Waals surface area contributed by atoms with Gasteiger partial charge in [0.05, 0.1) is 0 Å². The molecule has 2 fully saturated rings. The van der Waals surface area contributed by atoms with Crippen LogP contribution in [0.1, 0.15) is 65.7 Å². The second-order valence-corrected chi connectivity index (χ2v) is 7.26. The first kappa shape index (κ1) is 15.0. The third-order valence-corrected chi connectivity index (χ3v) is 4.90. The predicted octanol–water partition coefficient (Wildman–Crippen LogP) is 3.89. The minimum atomic E-state index is 0.363. The van der Waals surface area contributed by atoms with Crippen LogP contribution in [0.15, 0.2) is 0 Å². The van der Waals surface area contributed by atoms with E-state index in [9.17, 15) is 4.79 Å². The van der Waals surface area contributed by atoms with Gasteiger partial charge in [-0.3, -0.25) is 9.69 Å². The molecule has 1 saturated carbocycles. The molecule has 1 aliphatic heterocycles. The van der Waals surface area contributed by atoms with Crippen LogP contribution < -0.4 is 0 Å². The molecule has 2 nitrogen and oxygen atoms in total. The van der Waals surface area contributed by atoms with Crippen molar-refractivity contribution in [1.29, 1.82) is 0 Å². The van der Waals surface area contributed by atoms with Crippen molar-refractivity contribution in [3.63, 3.8) is 0 Å². The van der Waals surface area contributed by atoms with E-state index in [0.29, 0.717) is 17.7 Å². The Balaban J connectivity index is 1.90. The van der Waals surface area contributed by atoms with Gasteiger partial charge in [-0.1, -0.05) is 27.2 Å². The SMILES string of the molecule is CC(C)CC(C)CN1CCCC1C1CCCCC1=O. The van der Waals surface area contributed by atoms with Gasteiger partial charge in [0.1, 0.15) is 5.78 Å². The van der Waals surface area contributed by atoms with E-state index in [4.69, 9.17) is 0 Å². The molecule has 0 aromatic rings. The lowest BCUT2D eigenvalue weighted by molar-refractivity contribution is -0.126. The minimum absolute atomic E-state index is 0.363.